The van der Waals surface area contributed by atoms with E-state index in [9.17, 15) is 0 Å². The van der Waals surface area contributed by atoms with Gasteiger partial charge in [0, 0.05) is 30.7 Å². The van der Waals surface area contributed by atoms with Crippen molar-refractivity contribution in [3.8, 4) is 0 Å². The molecule has 2 unspecified atom stereocenters. The van der Waals surface area contributed by atoms with Crippen molar-refractivity contribution >= 4 is 0 Å². The summed E-state index contributed by atoms with van der Waals surface area (Å²) in [6, 6.07) is 1.36. The minimum Gasteiger partial charge on any atom is -0.309 e. The molecule has 0 saturated carbocycles. The first kappa shape index (κ1) is 14.0. The molecule has 1 aliphatic heterocycles. The number of piperazine rings is 1. The third-order valence-electron chi connectivity index (χ3n) is 4.05. The van der Waals surface area contributed by atoms with Crippen LogP contribution in [0.2, 0.25) is 0 Å². The van der Waals surface area contributed by atoms with Crippen molar-refractivity contribution in [2.45, 2.75) is 66.1 Å². The highest BCUT2D eigenvalue weighted by Gasteiger charge is 2.36. The number of rotatable bonds is 3. The van der Waals surface area contributed by atoms with E-state index in [4.69, 9.17) is 0 Å². The van der Waals surface area contributed by atoms with E-state index >= 15 is 0 Å². The van der Waals surface area contributed by atoms with Crippen LogP contribution >= 0.6 is 0 Å². The van der Waals surface area contributed by atoms with E-state index in [1.54, 1.807) is 0 Å². The number of nitrogens with zero attached hydrogens (tertiary/aromatic N) is 1. The first-order chi connectivity index (χ1) is 7.24. The van der Waals surface area contributed by atoms with Gasteiger partial charge in [-0.2, -0.15) is 0 Å². The maximum atomic E-state index is 3.67. The summed E-state index contributed by atoms with van der Waals surface area (Å²) in [6.07, 6.45) is 0. The molecule has 1 N–H and O–H groups in total. The Morgan fingerprint density at radius 2 is 1.69 bits per heavy atom. The van der Waals surface area contributed by atoms with Crippen molar-refractivity contribution in [3.05, 3.63) is 0 Å². The quantitative estimate of drug-likeness (QED) is 0.796. The van der Waals surface area contributed by atoms with Crippen LogP contribution < -0.4 is 5.32 Å². The number of hydrogen-bond donors (Lipinski definition) is 1. The fourth-order valence-corrected chi connectivity index (χ4v) is 2.58. The molecule has 1 saturated heterocycles. The van der Waals surface area contributed by atoms with Gasteiger partial charge in [0.25, 0.3) is 0 Å². The molecular formula is C14H30N2. The molecule has 0 spiro atoms. The average Bonchev–Trinajstić information content (AvgIpc) is 2.14. The third kappa shape index (κ3) is 3.21. The monoisotopic (exact) mass is 226 g/mol. The van der Waals surface area contributed by atoms with E-state index in [0.29, 0.717) is 12.1 Å². The Morgan fingerprint density at radius 1 is 1.12 bits per heavy atom. The van der Waals surface area contributed by atoms with Crippen LogP contribution in [0.4, 0.5) is 0 Å². The molecule has 0 aromatic heterocycles. The largest absolute Gasteiger partial charge is 0.309 e. The Balaban J connectivity index is 2.79. The molecular weight excluding hydrogens is 196 g/mol. The fraction of sp³-hybridized carbons (Fsp3) is 1.00. The van der Waals surface area contributed by atoms with Crippen LogP contribution in [0.3, 0.4) is 0 Å². The zero-order valence-electron chi connectivity index (χ0n) is 12.2. The van der Waals surface area contributed by atoms with Gasteiger partial charge >= 0.3 is 0 Å². The Hall–Kier alpha value is -0.0800. The highest BCUT2D eigenvalue weighted by molar-refractivity contribution is 4.95. The Morgan fingerprint density at radius 3 is 2.12 bits per heavy atom. The molecule has 0 bridgehead atoms. The second kappa shape index (κ2) is 5.05. The van der Waals surface area contributed by atoms with Crippen LogP contribution in [0.15, 0.2) is 0 Å². The molecule has 1 heterocycles. The lowest BCUT2D eigenvalue weighted by Gasteiger charge is -2.49. The normalized spacial score (nSPS) is 28.7. The molecule has 2 heteroatoms. The van der Waals surface area contributed by atoms with E-state index in [1.165, 1.54) is 0 Å². The van der Waals surface area contributed by atoms with Gasteiger partial charge in [-0.25, -0.2) is 0 Å². The van der Waals surface area contributed by atoms with Gasteiger partial charge in [0.05, 0.1) is 0 Å². The zero-order chi connectivity index (χ0) is 12.5. The lowest BCUT2D eigenvalue weighted by Crippen LogP contribution is -2.65. The van der Waals surface area contributed by atoms with Crippen molar-refractivity contribution in [1.82, 2.24) is 10.2 Å². The number of hydrogen-bond acceptors (Lipinski definition) is 2. The van der Waals surface area contributed by atoms with Gasteiger partial charge in [-0.05, 0) is 32.6 Å². The van der Waals surface area contributed by atoms with Crippen LogP contribution in [0.25, 0.3) is 0 Å². The van der Waals surface area contributed by atoms with E-state index in [2.05, 4.69) is 58.7 Å². The van der Waals surface area contributed by atoms with Gasteiger partial charge in [0.15, 0.2) is 0 Å². The van der Waals surface area contributed by atoms with Crippen LogP contribution in [-0.4, -0.2) is 35.6 Å². The van der Waals surface area contributed by atoms with Gasteiger partial charge < -0.3 is 5.32 Å². The molecule has 0 aromatic rings. The fourth-order valence-electron chi connectivity index (χ4n) is 2.58. The maximum absolute atomic E-state index is 3.67. The lowest BCUT2D eigenvalue weighted by atomic mass is 9.89. The summed E-state index contributed by atoms with van der Waals surface area (Å²) in [4.78, 5) is 2.71. The van der Waals surface area contributed by atoms with Crippen LogP contribution in [-0.2, 0) is 0 Å². The van der Waals surface area contributed by atoms with Crippen molar-refractivity contribution in [1.29, 1.82) is 0 Å². The summed E-state index contributed by atoms with van der Waals surface area (Å²) in [6.45, 7) is 18.6. The molecule has 1 fully saturated rings. The summed E-state index contributed by atoms with van der Waals surface area (Å²) >= 11 is 0. The van der Waals surface area contributed by atoms with Crippen molar-refractivity contribution in [2.24, 2.45) is 11.8 Å². The smallest absolute Gasteiger partial charge is 0.0253 e. The molecule has 2 atom stereocenters. The standard InChI is InChI=1S/C14H30N2/c1-10(2)12(5)16-9-14(6,7)15-8-13(16)11(3)4/h10-13,15H,8-9H2,1-7H3. The topological polar surface area (TPSA) is 15.3 Å². The van der Waals surface area contributed by atoms with Crippen molar-refractivity contribution in [2.75, 3.05) is 13.1 Å². The summed E-state index contributed by atoms with van der Waals surface area (Å²) < 4.78 is 0. The number of nitrogens with one attached hydrogen (secondary N) is 1. The molecule has 1 aliphatic rings. The predicted molar refractivity (Wildman–Crippen MR) is 71.7 cm³/mol. The van der Waals surface area contributed by atoms with E-state index in [1.807, 2.05) is 0 Å². The second-order valence-electron chi connectivity index (χ2n) is 6.73. The van der Waals surface area contributed by atoms with E-state index in [0.717, 1.165) is 24.9 Å². The third-order valence-corrected chi connectivity index (χ3v) is 4.05. The second-order valence-corrected chi connectivity index (χ2v) is 6.73. The molecule has 16 heavy (non-hydrogen) atoms. The van der Waals surface area contributed by atoms with Crippen molar-refractivity contribution in [3.63, 3.8) is 0 Å². The minimum atomic E-state index is 0.258. The Bertz CT molecular complexity index is 221. The van der Waals surface area contributed by atoms with Gasteiger partial charge in [-0.15, -0.1) is 0 Å². The first-order valence-corrected chi connectivity index (χ1v) is 6.75. The van der Waals surface area contributed by atoms with Gasteiger partial charge in [-0.1, -0.05) is 27.7 Å². The lowest BCUT2D eigenvalue weighted by molar-refractivity contribution is 0.0219. The SMILES string of the molecule is CC(C)C(C)N1CC(C)(C)NCC1C(C)C. The average molecular weight is 226 g/mol. The predicted octanol–water partition coefficient (Wildman–Crippen LogP) is 2.74. The molecule has 0 aliphatic carbocycles. The van der Waals surface area contributed by atoms with E-state index < -0.39 is 0 Å². The minimum absolute atomic E-state index is 0.258. The Kier molecular flexibility index (Phi) is 4.42. The highest BCUT2D eigenvalue weighted by atomic mass is 15.3. The van der Waals surface area contributed by atoms with Crippen LogP contribution in [0, 0.1) is 11.8 Å². The summed E-state index contributed by atoms with van der Waals surface area (Å²) in [5.74, 6) is 1.46. The van der Waals surface area contributed by atoms with Crippen molar-refractivity contribution < 1.29 is 0 Å². The highest BCUT2D eigenvalue weighted by Crippen LogP contribution is 2.25. The Labute approximate surface area is 102 Å². The molecule has 0 amide bonds. The first-order valence-electron chi connectivity index (χ1n) is 6.75. The van der Waals surface area contributed by atoms with Gasteiger partial charge in [0.1, 0.15) is 0 Å². The molecule has 1 rings (SSSR count). The van der Waals surface area contributed by atoms with Crippen LogP contribution in [0.5, 0.6) is 0 Å². The van der Waals surface area contributed by atoms with Gasteiger partial charge in [-0.3, -0.25) is 4.90 Å². The summed E-state index contributed by atoms with van der Waals surface area (Å²) in [7, 11) is 0. The van der Waals surface area contributed by atoms with Gasteiger partial charge in [0.2, 0.25) is 0 Å². The van der Waals surface area contributed by atoms with E-state index in [-0.39, 0.29) is 5.54 Å². The molecule has 0 aromatic carbocycles. The molecule has 96 valence electrons. The summed E-state index contributed by atoms with van der Waals surface area (Å²) in [5, 5.41) is 3.67. The zero-order valence-corrected chi connectivity index (χ0v) is 12.2. The summed E-state index contributed by atoms with van der Waals surface area (Å²) in [5.41, 5.74) is 0.258. The maximum Gasteiger partial charge on any atom is 0.0253 e. The molecule has 2 nitrogen and oxygen atoms in total. The molecule has 0 radical (unpaired) electrons. The van der Waals surface area contributed by atoms with Crippen LogP contribution in [0.1, 0.15) is 48.5 Å².